The SMILES string of the molecule is CC(C)OC(=O)CO[P@](=O)(CO[C@H](C)Cn1cnc2c(N)ncnc21)NC(C)(C)C(=O)OC1CCC1. The van der Waals surface area contributed by atoms with Crippen molar-refractivity contribution in [3.8, 4) is 0 Å². The average molecular weight is 527 g/mol. The summed E-state index contributed by atoms with van der Waals surface area (Å²) in [5.41, 5.74) is 5.48. The van der Waals surface area contributed by atoms with Gasteiger partial charge in [0.25, 0.3) is 7.52 Å². The lowest BCUT2D eigenvalue weighted by atomic mass is 9.96. The molecule has 200 valence electrons. The molecule has 2 atom stereocenters. The zero-order valence-corrected chi connectivity index (χ0v) is 22.2. The van der Waals surface area contributed by atoms with Gasteiger partial charge >= 0.3 is 11.9 Å². The Kier molecular flexibility index (Phi) is 9.04. The number of imidazole rings is 1. The van der Waals surface area contributed by atoms with Crippen molar-refractivity contribution in [3.05, 3.63) is 12.7 Å². The molecule has 14 heteroatoms. The molecule has 0 radical (unpaired) electrons. The predicted octanol–water partition coefficient (Wildman–Crippen LogP) is 2.40. The van der Waals surface area contributed by atoms with E-state index in [2.05, 4.69) is 20.0 Å². The molecule has 1 fully saturated rings. The first-order valence-electron chi connectivity index (χ1n) is 11.8. The Morgan fingerprint density at radius 1 is 1.25 bits per heavy atom. The average Bonchev–Trinajstić information content (AvgIpc) is 3.17. The number of hydrogen-bond donors (Lipinski definition) is 2. The number of aromatic nitrogens is 4. The second kappa shape index (κ2) is 11.6. The zero-order chi connectivity index (χ0) is 26.5. The number of carbonyl (C=O) groups is 2. The van der Waals surface area contributed by atoms with Crippen molar-refractivity contribution in [3.63, 3.8) is 0 Å². The number of ether oxygens (including phenoxy) is 3. The van der Waals surface area contributed by atoms with Crippen LogP contribution in [-0.4, -0.2) is 68.3 Å². The standard InChI is InChI=1S/C22H35N6O7P/c1-14(2)34-17(29)10-33-36(31,27-22(4,5)21(30)35-16-7-6-8-16)13-32-15(3)9-28-12-26-18-19(23)24-11-25-20(18)28/h11-12,14-16H,6-10,13H2,1-5H3,(H,27,31)(H2,23,24,25)/t15-,36-/m1/s1. The monoisotopic (exact) mass is 526 g/mol. The maximum Gasteiger partial charge on any atom is 0.332 e. The molecule has 2 heterocycles. The van der Waals surface area contributed by atoms with E-state index in [1.807, 2.05) is 0 Å². The van der Waals surface area contributed by atoms with Crippen LogP contribution >= 0.6 is 7.52 Å². The molecule has 2 aromatic heterocycles. The Morgan fingerprint density at radius 3 is 2.61 bits per heavy atom. The molecule has 3 rings (SSSR count). The number of nitrogens with zero attached hydrogens (tertiary/aromatic N) is 4. The van der Waals surface area contributed by atoms with Gasteiger partial charge in [-0.25, -0.2) is 24.8 Å². The second-order valence-corrected chi connectivity index (χ2v) is 11.7. The molecule has 0 aromatic carbocycles. The smallest absolute Gasteiger partial charge is 0.332 e. The number of nitrogen functional groups attached to an aromatic ring is 1. The quantitative estimate of drug-likeness (QED) is 0.289. The van der Waals surface area contributed by atoms with Crippen LogP contribution in [-0.2, 0) is 39.4 Å². The fourth-order valence-corrected chi connectivity index (χ4v) is 5.31. The van der Waals surface area contributed by atoms with Crippen LogP contribution in [0, 0.1) is 0 Å². The van der Waals surface area contributed by atoms with Gasteiger partial charge in [-0.05, 0) is 53.9 Å². The van der Waals surface area contributed by atoms with Crippen LogP contribution in [0.3, 0.4) is 0 Å². The summed E-state index contributed by atoms with van der Waals surface area (Å²) in [7, 11) is -3.87. The summed E-state index contributed by atoms with van der Waals surface area (Å²) in [4.78, 5) is 37.1. The summed E-state index contributed by atoms with van der Waals surface area (Å²) in [5.74, 6) is -0.980. The summed E-state index contributed by atoms with van der Waals surface area (Å²) >= 11 is 0. The third-order valence-corrected chi connectivity index (χ3v) is 7.39. The van der Waals surface area contributed by atoms with Gasteiger partial charge in [-0.3, -0.25) is 9.36 Å². The van der Waals surface area contributed by atoms with Crippen LogP contribution in [0.25, 0.3) is 11.2 Å². The van der Waals surface area contributed by atoms with E-state index in [9.17, 15) is 14.2 Å². The van der Waals surface area contributed by atoms with Crippen LogP contribution in [0.4, 0.5) is 5.82 Å². The van der Waals surface area contributed by atoms with Crippen molar-refractivity contribution >= 4 is 36.4 Å². The normalized spacial score (nSPS) is 16.9. The van der Waals surface area contributed by atoms with Gasteiger partial charge in [-0.15, -0.1) is 0 Å². The van der Waals surface area contributed by atoms with E-state index in [-0.39, 0.29) is 18.0 Å². The topological polar surface area (TPSA) is 170 Å². The van der Waals surface area contributed by atoms with Crippen LogP contribution in [0.15, 0.2) is 12.7 Å². The van der Waals surface area contributed by atoms with Crippen molar-refractivity contribution in [1.29, 1.82) is 0 Å². The molecule has 0 bridgehead atoms. The van der Waals surface area contributed by atoms with Gasteiger partial charge in [0.05, 0.1) is 25.1 Å². The fourth-order valence-electron chi connectivity index (χ4n) is 3.40. The molecule has 0 saturated heterocycles. The molecule has 3 N–H and O–H groups in total. The van der Waals surface area contributed by atoms with Crippen molar-refractivity contribution in [2.45, 2.75) is 84.3 Å². The molecule has 1 aliphatic rings. The number of nitrogens with one attached hydrogen (secondary N) is 1. The number of carbonyl (C=O) groups excluding carboxylic acids is 2. The van der Waals surface area contributed by atoms with Gasteiger partial charge in [0.15, 0.2) is 18.1 Å². The van der Waals surface area contributed by atoms with E-state index >= 15 is 0 Å². The maximum atomic E-state index is 13.7. The Hall–Kier alpha value is -2.60. The molecule has 13 nitrogen and oxygen atoms in total. The number of rotatable bonds is 13. The molecule has 0 aliphatic heterocycles. The van der Waals surface area contributed by atoms with E-state index in [1.54, 1.807) is 45.5 Å². The van der Waals surface area contributed by atoms with Crippen LogP contribution in [0.2, 0.25) is 0 Å². The lowest BCUT2D eigenvalue weighted by molar-refractivity contribution is -0.159. The zero-order valence-electron chi connectivity index (χ0n) is 21.3. The van der Waals surface area contributed by atoms with Crippen LogP contribution < -0.4 is 10.8 Å². The highest BCUT2D eigenvalue weighted by Crippen LogP contribution is 2.45. The molecule has 1 saturated carbocycles. The first kappa shape index (κ1) is 28.0. The van der Waals surface area contributed by atoms with Gasteiger partial charge < -0.3 is 29.0 Å². The van der Waals surface area contributed by atoms with Gasteiger partial charge in [0, 0.05) is 0 Å². The molecule has 0 amide bonds. The van der Waals surface area contributed by atoms with Crippen LogP contribution in [0.1, 0.15) is 53.9 Å². The van der Waals surface area contributed by atoms with E-state index in [0.29, 0.717) is 17.7 Å². The summed E-state index contributed by atoms with van der Waals surface area (Å²) < 4.78 is 37.3. The number of anilines is 1. The predicted molar refractivity (Wildman–Crippen MR) is 131 cm³/mol. The molecule has 1 aliphatic carbocycles. The summed E-state index contributed by atoms with van der Waals surface area (Å²) in [6.07, 6.45) is 4.13. The highest BCUT2D eigenvalue weighted by atomic mass is 31.2. The first-order valence-corrected chi connectivity index (χ1v) is 13.7. The van der Waals surface area contributed by atoms with Crippen LogP contribution in [0.5, 0.6) is 0 Å². The Balaban J connectivity index is 1.67. The van der Waals surface area contributed by atoms with Gasteiger partial charge in [-0.1, -0.05) is 0 Å². The summed E-state index contributed by atoms with van der Waals surface area (Å²) in [6.45, 7) is 7.98. The third kappa shape index (κ3) is 7.45. The van der Waals surface area contributed by atoms with Gasteiger partial charge in [0.2, 0.25) is 0 Å². The van der Waals surface area contributed by atoms with Gasteiger partial charge in [0.1, 0.15) is 29.8 Å². The van der Waals surface area contributed by atoms with Crippen molar-refractivity contribution < 1.29 is 32.9 Å². The van der Waals surface area contributed by atoms with E-state index < -0.39 is 44.1 Å². The Bertz CT molecular complexity index is 1120. The summed E-state index contributed by atoms with van der Waals surface area (Å²) in [6, 6.07) is 0. The second-order valence-electron chi connectivity index (χ2n) is 9.61. The first-order chi connectivity index (χ1) is 16.9. The molecule has 0 spiro atoms. The lowest BCUT2D eigenvalue weighted by Crippen LogP contribution is -2.48. The minimum Gasteiger partial charge on any atom is -0.461 e. The molecule has 36 heavy (non-hydrogen) atoms. The minimum absolute atomic E-state index is 0.140. The number of fused-ring (bicyclic) bond motifs is 1. The molecular formula is C22H35N6O7P. The maximum absolute atomic E-state index is 13.7. The fraction of sp³-hybridized carbons (Fsp3) is 0.682. The minimum atomic E-state index is -3.87. The molecule has 2 aromatic rings. The third-order valence-electron chi connectivity index (χ3n) is 5.46. The number of nitrogens with two attached hydrogens (primary N) is 1. The number of esters is 2. The van der Waals surface area contributed by atoms with Crippen molar-refractivity contribution in [1.82, 2.24) is 24.6 Å². The Labute approximate surface area is 209 Å². The lowest BCUT2D eigenvalue weighted by Gasteiger charge is -2.33. The van der Waals surface area contributed by atoms with E-state index in [4.69, 9.17) is 24.5 Å². The largest absolute Gasteiger partial charge is 0.461 e. The molecular weight excluding hydrogens is 491 g/mol. The van der Waals surface area contributed by atoms with Crippen molar-refractivity contribution in [2.24, 2.45) is 0 Å². The highest BCUT2D eigenvalue weighted by Gasteiger charge is 2.40. The highest BCUT2D eigenvalue weighted by molar-refractivity contribution is 7.56. The van der Waals surface area contributed by atoms with E-state index in [0.717, 1.165) is 19.3 Å². The van der Waals surface area contributed by atoms with E-state index in [1.165, 1.54) is 6.33 Å². The number of hydrogen-bond acceptors (Lipinski definition) is 11. The van der Waals surface area contributed by atoms with Crippen molar-refractivity contribution in [2.75, 3.05) is 18.7 Å². The molecule has 0 unspecified atom stereocenters. The van der Waals surface area contributed by atoms with Gasteiger partial charge in [-0.2, -0.15) is 0 Å². The summed E-state index contributed by atoms with van der Waals surface area (Å²) in [5, 5.41) is 2.75. The Morgan fingerprint density at radius 2 is 1.97 bits per heavy atom.